The lowest BCUT2D eigenvalue weighted by Gasteiger charge is -2.12. The topological polar surface area (TPSA) is 105 Å². The number of thioether (sulfide) groups is 1. The van der Waals surface area contributed by atoms with E-state index in [0.717, 1.165) is 16.7 Å². The number of carbonyl (C=O) groups is 3. The number of hydrogen-bond acceptors (Lipinski definition) is 6. The number of urea groups is 1. The molecule has 1 aliphatic rings. The SMILES string of the molecule is Cc1cc(NC(=O)NCCN2C(=O)CSC2=O)no1. The van der Waals surface area contributed by atoms with Gasteiger partial charge in [-0.3, -0.25) is 19.8 Å². The predicted molar refractivity (Wildman–Crippen MR) is 67.8 cm³/mol. The number of anilines is 1. The smallest absolute Gasteiger partial charge is 0.320 e. The summed E-state index contributed by atoms with van der Waals surface area (Å²) >= 11 is 0.964. The summed E-state index contributed by atoms with van der Waals surface area (Å²) < 4.78 is 4.79. The molecule has 1 aromatic rings. The molecule has 0 saturated carbocycles. The third-order valence-electron chi connectivity index (χ3n) is 2.33. The van der Waals surface area contributed by atoms with Crippen LogP contribution in [0, 0.1) is 6.92 Å². The van der Waals surface area contributed by atoms with Crippen LogP contribution in [0.3, 0.4) is 0 Å². The van der Waals surface area contributed by atoms with E-state index in [2.05, 4.69) is 15.8 Å². The standard InChI is InChI=1S/C10H12N4O4S/c1-6-4-7(13-18-6)12-9(16)11-2-3-14-8(15)5-19-10(14)17/h4H,2-3,5H2,1H3,(H2,11,12,13,16). The van der Waals surface area contributed by atoms with Crippen LogP contribution in [0.4, 0.5) is 15.4 Å². The van der Waals surface area contributed by atoms with E-state index in [1.54, 1.807) is 13.0 Å². The molecule has 2 rings (SSSR count). The van der Waals surface area contributed by atoms with Crippen molar-refractivity contribution >= 4 is 34.8 Å². The molecule has 0 radical (unpaired) electrons. The summed E-state index contributed by atoms with van der Waals surface area (Å²) in [6.45, 7) is 2.05. The Bertz CT molecular complexity index is 499. The Balaban J connectivity index is 1.72. The molecule has 8 nitrogen and oxygen atoms in total. The number of rotatable bonds is 4. The zero-order valence-corrected chi connectivity index (χ0v) is 11.0. The van der Waals surface area contributed by atoms with Crippen LogP contribution in [0.5, 0.6) is 0 Å². The summed E-state index contributed by atoms with van der Waals surface area (Å²) in [4.78, 5) is 35.1. The van der Waals surface area contributed by atoms with Crippen LogP contribution in [0.1, 0.15) is 5.76 Å². The fourth-order valence-corrected chi connectivity index (χ4v) is 2.22. The minimum Gasteiger partial charge on any atom is -0.360 e. The highest BCUT2D eigenvalue weighted by molar-refractivity contribution is 8.14. The van der Waals surface area contributed by atoms with Crippen LogP contribution < -0.4 is 10.6 Å². The Morgan fingerprint density at radius 3 is 2.95 bits per heavy atom. The Morgan fingerprint density at radius 1 is 1.58 bits per heavy atom. The van der Waals surface area contributed by atoms with Gasteiger partial charge in [-0.1, -0.05) is 16.9 Å². The van der Waals surface area contributed by atoms with Crippen molar-refractivity contribution in [3.8, 4) is 0 Å². The minimum absolute atomic E-state index is 0.163. The number of amides is 4. The van der Waals surface area contributed by atoms with Gasteiger partial charge in [-0.25, -0.2) is 4.79 Å². The van der Waals surface area contributed by atoms with Gasteiger partial charge in [-0.05, 0) is 6.92 Å². The van der Waals surface area contributed by atoms with Crippen molar-refractivity contribution in [3.05, 3.63) is 11.8 Å². The minimum atomic E-state index is -0.472. The van der Waals surface area contributed by atoms with Gasteiger partial charge in [-0.15, -0.1) is 0 Å². The van der Waals surface area contributed by atoms with Gasteiger partial charge < -0.3 is 9.84 Å². The van der Waals surface area contributed by atoms with E-state index >= 15 is 0 Å². The van der Waals surface area contributed by atoms with Crippen molar-refractivity contribution in [3.63, 3.8) is 0 Å². The lowest BCUT2D eigenvalue weighted by Crippen LogP contribution is -2.39. The molecular formula is C10H12N4O4S. The van der Waals surface area contributed by atoms with Crippen LogP contribution in [-0.4, -0.2) is 46.1 Å². The maximum atomic E-state index is 11.5. The zero-order chi connectivity index (χ0) is 13.8. The maximum Gasteiger partial charge on any atom is 0.320 e. The second-order valence-electron chi connectivity index (χ2n) is 3.80. The first-order valence-corrected chi connectivity index (χ1v) is 6.50. The average Bonchev–Trinajstić information content (AvgIpc) is 2.89. The van der Waals surface area contributed by atoms with Crippen molar-refractivity contribution in [2.24, 2.45) is 0 Å². The summed E-state index contributed by atoms with van der Waals surface area (Å²) in [7, 11) is 0. The Hall–Kier alpha value is -2.03. The molecule has 1 aromatic heterocycles. The van der Waals surface area contributed by atoms with Crippen molar-refractivity contribution in [1.82, 2.24) is 15.4 Å². The van der Waals surface area contributed by atoms with E-state index in [9.17, 15) is 14.4 Å². The third kappa shape index (κ3) is 3.47. The highest BCUT2D eigenvalue weighted by Crippen LogP contribution is 2.17. The Labute approximate surface area is 112 Å². The summed E-state index contributed by atoms with van der Waals surface area (Å²) in [6, 6.07) is 1.10. The maximum absolute atomic E-state index is 11.5. The molecular weight excluding hydrogens is 272 g/mol. The van der Waals surface area contributed by atoms with Gasteiger partial charge in [0, 0.05) is 19.2 Å². The second kappa shape index (κ2) is 5.74. The highest BCUT2D eigenvalue weighted by Gasteiger charge is 2.29. The van der Waals surface area contributed by atoms with E-state index in [4.69, 9.17) is 4.52 Å². The molecule has 1 aliphatic heterocycles. The number of aryl methyl sites for hydroxylation is 1. The molecule has 0 bridgehead atoms. The molecule has 0 aromatic carbocycles. The van der Waals surface area contributed by atoms with Gasteiger partial charge in [0.15, 0.2) is 5.82 Å². The van der Waals surface area contributed by atoms with Crippen LogP contribution in [0.2, 0.25) is 0 Å². The zero-order valence-electron chi connectivity index (χ0n) is 10.1. The number of imide groups is 1. The van der Waals surface area contributed by atoms with Gasteiger partial charge in [0.2, 0.25) is 5.91 Å². The molecule has 2 N–H and O–H groups in total. The lowest BCUT2D eigenvalue weighted by atomic mass is 10.5. The van der Waals surface area contributed by atoms with Gasteiger partial charge in [0.1, 0.15) is 5.76 Å². The summed E-state index contributed by atoms with van der Waals surface area (Å²) in [6.07, 6.45) is 0. The van der Waals surface area contributed by atoms with Crippen molar-refractivity contribution in [1.29, 1.82) is 0 Å². The molecule has 0 atom stereocenters. The van der Waals surface area contributed by atoms with E-state index in [-0.39, 0.29) is 30.0 Å². The first-order chi connectivity index (χ1) is 9.06. The van der Waals surface area contributed by atoms with Crippen LogP contribution in [0.25, 0.3) is 0 Å². The van der Waals surface area contributed by atoms with Gasteiger partial charge >= 0.3 is 6.03 Å². The van der Waals surface area contributed by atoms with Crippen LogP contribution >= 0.6 is 11.8 Å². The van der Waals surface area contributed by atoms with E-state index in [0.29, 0.717) is 11.6 Å². The number of aromatic nitrogens is 1. The molecule has 0 spiro atoms. The molecule has 102 valence electrons. The van der Waals surface area contributed by atoms with E-state index in [1.807, 2.05) is 0 Å². The highest BCUT2D eigenvalue weighted by atomic mass is 32.2. The molecule has 2 heterocycles. The second-order valence-corrected chi connectivity index (χ2v) is 4.73. The number of nitrogens with zero attached hydrogens (tertiary/aromatic N) is 2. The molecule has 1 saturated heterocycles. The first-order valence-electron chi connectivity index (χ1n) is 5.51. The fraction of sp³-hybridized carbons (Fsp3) is 0.400. The van der Waals surface area contributed by atoms with Crippen LogP contribution in [-0.2, 0) is 4.79 Å². The number of carbonyl (C=O) groups excluding carboxylic acids is 3. The summed E-state index contributed by atoms with van der Waals surface area (Å²) in [5.41, 5.74) is 0. The number of hydrogen-bond donors (Lipinski definition) is 2. The normalized spacial score (nSPS) is 14.9. The van der Waals surface area contributed by atoms with E-state index in [1.165, 1.54) is 0 Å². The van der Waals surface area contributed by atoms with Crippen molar-refractivity contribution in [2.45, 2.75) is 6.92 Å². The van der Waals surface area contributed by atoms with Gasteiger partial charge in [-0.2, -0.15) is 0 Å². The molecule has 1 fully saturated rings. The molecule has 0 aliphatic carbocycles. The third-order valence-corrected chi connectivity index (χ3v) is 3.19. The van der Waals surface area contributed by atoms with Crippen molar-refractivity contribution < 1.29 is 18.9 Å². The van der Waals surface area contributed by atoms with Crippen LogP contribution in [0.15, 0.2) is 10.6 Å². The van der Waals surface area contributed by atoms with Crippen molar-refractivity contribution in [2.75, 3.05) is 24.2 Å². The Morgan fingerprint density at radius 2 is 2.37 bits per heavy atom. The summed E-state index contributed by atoms with van der Waals surface area (Å²) in [5, 5.41) is 8.30. The molecule has 19 heavy (non-hydrogen) atoms. The average molecular weight is 284 g/mol. The fourth-order valence-electron chi connectivity index (χ4n) is 1.46. The van der Waals surface area contributed by atoms with Gasteiger partial charge in [0.25, 0.3) is 5.24 Å². The molecule has 0 unspecified atom stereocenters. The van der Waals surface area contributed by atoms with Gasteiger partial charge in [0.05, 0.1) is 5.75 Å². The molecule has 4 amide bonds. The summed E-state index contributed by atoms with van der Waals surface area (Å²) in [5.74, 6) is 0.826. The number of nitrogens with one attached hydrogen (secondary N) is 2. The monoisotopic (exact) mass is 284 g/mol. The first kappa shape index (κ1) is 13.4. The quantitative estimate of drug-likeness (QED) is 0.847. The lowest BCUT2D eigenvalue weighted by molar-refractivity contribution is -0.124. The largest absolute Gasteiger partial charge is 0.360 e. The molecule has 9 heteroatoms. The predicted octanol–water partition coefficient (Wildman–Crippen LogP) is 0.800. The van der Waals surface area contributed by atoms with E-state index < -0.39 is 6.03 Å². The Kier molecular flexibility index (Phi) is 4.05.